The molecule has 4 heteroatoms. The van der Waals surface area contributed by atoms with Crippen LogP contribution in [0.2, 0.25) is 0 Å². The standard InChI is InChI=1S/C16H21N3O/c1-11-13-9-5-3-7-12-8-4-6-10-14(12)16(20)17-15(13)19(2)18-11/h4,6,8,10,13,15H,3,5,7,9H2,1-2H3,(H,17,20). The molecule has 3 rings (SSSR count). The highest BCUT2D eigenvalue weighted by atomic mass is 16.2. The van der Waals surface area contributed by atoms with Crippen LogP contribution in [0.25, 0.3) is 0 Å². The van der Waals surface area contributed by atoms with Crippen LogP contribution >= 0.6 is 0 Å². The SMILES string of the molecule is CC1=NN(C)C2NC(=O)c3ccccc3CCCCC12. The lowest BCUT2D eigenvalue weighted by molar-refractivity contribution is 0.0860. The van der Waals surface area contributed by atoms with Crippen LogP contribution < -0.4 is 5.32 Å². The van der Waals surface area contributed by atoms with Gasteiger partial charge in [0.2, 0.25) is 0 Å². The number of carbonyl (C=O) groups is 1. The van der Waals surface area contributed by atoms with Crippen molar-refractivity contribution in [1.29, 1.82) is 0 Å². The number of nitrogens with one attached hydrogen (secondary N) is 1. The van der Waals surface area contributed by atoms with Gasteiger partial charge in [-0.1, -0.05) is 24.6 Å². The van der Waals surface area contributed by atoms with E-state index in [0.29, 0.717) is 5.92 Å². The highest BCUT2D eigenvalue weighted by Crippen LogP contribution is 2.26. The van der Waals surface area contributed by atoms with Gasteiger partial charge >= 0.3 is 0 Å². The highest BCUT2D eigenvalue weighted by Gasteiger charge is 2.34. The van der Waals surface area contributed by atoms with Gasteiger partial charge < -0.3 is 5.32 Å². The van der Waals surface area contributed by atoms with Crippen molar-refractivity contribution in [3.05, 3.63) is 35.4 Å². The van der Waals surface area contributed by atoms with E-state index in [-0.39, 0.29) is 12.1 Å². The Labute approximate surface area is 119 Å². The third-order valence-electron chi connectivity index (χ3n) is 4.39. The van der Waals surface area contributed by atoms with E-state index in [1.165, 1.54) is 6.42 Å². The Hall–Kier alpha value is -1.84. The lowest BCUT2D eigenvalue weighted by Gasteiger charge is -2.27. The fraction of sp³-hybridized carbons (Fsp3) is 0.500. The second-order valence-electron chi connectivity index (χ2n) is 5.74. The molecule has 2 heterocycles. The van der Waals surface area contributed by atoms with Crippen molar-refractivity contribution in [2.24, 2.45) is 11.0 Å². The lowest BCUT2D eigenvalue weighted by atomic mass is 9.91. The average Bonchev–Trinajstić information content (AvgIpc) is 2.70. The maximum absolute atomic E-state index is 12.5. The Morgan fingerprint density at radius 2 is 2.10 bits per heavy atom. The molecule has 1 N–H and O–H groups in total. The summed E-state index contributed by atoms with van der Waals surface area (Å²) in [7, 11) is 1.94. The van der Waals surface area contributed by atoms with Gasteiger partial charge in [-0.15, -0.1) is 0 Å². The summed E-state index contributed by atoms with van der Waals surface area (Å²) in [6.07, 6.45) is 4.37. The Morgan fingerprint density at radius 3 is 2.95 bits per heavy atom. The molecule has 106 valence electrons. The Morgan fingerprint density at radius 1 is 1.30 bits per heavy atom. The summed E-state index contributed by atoms with van der Waals surface area (Å²) in [6, 6.07) is 7.93. The Kier molecular flexibility index (Phi) is 3.47. The van der Waals surface area contributed by atoms with E-state index in [0.717, 1.165) is 36.1 Å². The number of hydrazone groups is 1. The van der Waals surface area contributed by atoms with E-state index in [2.05, 4.69) is 23.4 Å². The smallest absolute Gasteiger partial charge is 0.253 e. The Bertz CT molecular complexity index is 552. The molecule has 0 bridgehead atoms. The lowest BCUT2D eigenvalue weighted by Crippen LogP contribution is -2.47. The maximum atomic E-state index is 12.5. The minimum absolute atomic E-state index is 0.00587. The topological polar surface area (TPSA) is 44.7 Å². The summed E-state index contributed by atoms with van der Waals surface area (Å²) in [5, 5.41) is 9.55. The molecule has 0 aliphatic carbocycles. The number of hydrogen-bond donors (Lipinski definition) is 1. The normalized spacial score (nSPS) is 26.4. The van der Waals surface area contributed by atoms with Crippen LogP contribution in [0.4, 0.5) is 0 Å². The quantitative estimate of drug-likeness (QED) is 0.787. The number of benzene rings is 1. The van der Waals surface area contributed by atoms with Gasteiger partial charge in [0.05, 0.1) is 0 Å². The van der Waals surface area contributed by atoms with Gasteiger partial charge in [-0.05, 0) is 37.8 Å². The Balaban J connectivity index is 1.91. The second kappa shape index (κ2) is 5.27. The predicted molar refractivity (Wildman–Crippen MR) is 79.6 cm³/mol. The third-order valence-corrected chi connectivity index (χ3v) is 4.39. The fourth-order valence-corrected chi connectivity index (χ4v) is 3.29. The summed E-state index contributed by atoms with van der Waals surface area (Å²) >= 11 is 0. The van der Waals surface area contributed by atoms with Crippen molar-refractivity contribution in [1.82, 2.24) is 10.3 Å². The van der Waals surface area contributed by atoms with Gasteiger partial charge in [0, 0.05) is 24.2 Å². The zero-order valence-electron chi connectivity index (χ0n) is 12.1. The molecular formula is C16H21N3O. The first-order chi connectivity index (χ1) is 9.66. The maximum Gasteiger partial charge on any atom is 0.253 e. The average molecular weight is 271 g/mol. The van der Waals surface area contributed by atoms with Crippen LogP contribution in [0.5, 0.6) is 0 Å². The largest absolute Gasteiger partial charge is 0.330 e. The fourth-order valence-electron chi connectivity index (χ4n) is 3.29. The molecule has 0 saturated carbocycles. The van der Waals surface area contributed by atoms with E-state index in [9.17, 15) is 4.79 Å². The first kappa shape index (κ1) is 13.2. The number of rotatable bonds is 0. The van der Waals surface area contributed by atoms with Crippen LogP contribution in [-0.4, -0.2) is 29.8 Å². The molecule has 1 aromatic carbocycles. The van der Waals surface area contributed by atoms with Gasteiger partial charge in [0.1, 0.15) is 6.17 Å². The van der Waals surface area contributed by atoms with Crippen molar-refractivity contribution in [3.63, 3.8) is 0 Å². The molecule has 20 heavy (non-hydrogen) atoms. The van der Waals surface area contributed by atoms with Crippen LogP contribution in [0, 0.1) is 5.92 Å². The molecule has 4 nitrogen and oxygen atoms in total. The molecule has 0 fully saturated rings. The van der Waals surface area contributed by atoms with Crippen LogP contribution in [0.15, 0.2) is 29.4 Å². The van der Waals surface area contributed by atoms with E-state index in [1.54, 1.807) is 0 Å². The molecule has 2 aliphatic heterocycles. The first-order valence-corrected chi connectivity index (χ1v) is 7.33. The van der Waals surface area contributed by atoms with Crippen molar-refractivity contribution < 1.29 is 4.79 Å². The number of amides is 1. The minimum atomic E-state index is -0.00587. The summed E-state index contributed by atoms with van der Waals surface area (Å²) in [6.45, 7) is 2.06. The number of nitrogens with zero attached hydrogens (tertiary/aromatic N) is 2. The molecule has 1 amide bonds. The summed E-state index contributed by atoms with van der Waals surface area (Å²) in [4.78, 5) is 12.5. The first-order valence-electron chi connectivity index (χ1n) is 7.33. The van der Waals surface area contributed by atoms with Crippen molar-refractivity contribution in [2.45, 2.75) is 38.8 Å². The summed E-state index contributed by atoms with van der Waals surface area (Å²) in [5.74, 6) is 0.364. The molecular weight excluding hydrogens is 250 g/mol. The molecule has 0 aromatic heterocycles. The van der Waals surface area contributed by atoms with E-state index in [1.807, 2.05) is 30.3 Å². The van der Waals surface area contributed by atoms with E-state index in [4.69, 9.17) is 0 Å². The number of aryl methyl sites for hydroxylation is 1. The second-order valence-corrected chi connectivity index (χ2v) is 5.74. The molecule has 2 unspecified atom stereocenters. The molecule has 0 radical (unpaired) electrons. The van der Waals surface area contributed by atoms with Crippen LogP contribution in [-0.2, 0) is 6.42 Å². The molecule has 2 aliphatic rings. The van der Waals surface area contributed by atoms with Gasteiger partial charge in [0.25, 0.3) is 5.91 Å². The molecule has 0 saturated heterocycles. The van der Waals surface area contributed by atoms with Gasteiger partial charge in [-0.3, -0.25) is 9.80 Å². The van der Waals surface area contributed by atoms with Crippen LogP contribution in [0.3, 0.4) is 0 Å². The number of fused-ring (bicyclic) bond motifs is 2. The van der Waals surface area contributed by atoms with Crippen LogP contribution in [0.1, 0.15) is 42.1 Å². The van der Waals surface area contributed by atoms with Gasteiger partial charge in [-0.25, -0.2) is 0 Å². The van der Waals surface area contributed by atoms with Crippen molar-refractivity contribution in [2.75, 3.05) is 7.05 Å². The molecule has 1 aromatic rings. The zero-order valence-corrected chi connectivity index (χ0v) is 12.1. The monoisotopic (exact) mass is 271 g/mol. The zero-order chi connectivity index (χ0) is 14.1. The highest BCUT2D eigenvalue weighted by molar-refractivity contribution is 5.96. The summed E-state index contributed by atoms with van der Waals surface area (Å²) in [5.41, 5.74) is 3.10. The number of hydrogen-bond acceptors (Lipinski definition) is 3. The molecule has 2 atom stereocenters. The van der Waals surface area contributed by atoms with Gasteiger partial charge in [0.15, 0.2) is 0 Å². The molecule has 0 spiro atoms. The number of carbonyl (C=O) groups excluding carboxylic acids is 1. The van der Waals surface area contributed by atoms with Crippen molar-refractivity contribution in [3.8, 4) is 0 Å². The predicted octanol–water partition coefficient (Wildman–Crippen LogP) is 2.41. The van der Waals surface area contributed by atoms with Gasteiger partial charge in [-0.2, -0.15) is 5.10 Å². The summed E-state index contributed by atoms with van der Waals surface area (Å²) < 4.78 is 0. The van der Waals surface area contributed by atoms with E-state index < -0.39 is 0 Å². The van der Waals surface area contributed by atoms with Crippen molar-refractivity contribution >= 4 is 11.6 Å². The van der Waals surface area contributed by atoms with E-state index >= 15 is 0 Å². The minimum Gasteiger partial charge on any atom is -0.330 e. The third kappa shape index (κ3) is 2.30.